The molecule has 9 heteroatoms. The molecule has 2 aromatic carbocycles. The number of anilines is 1. The molecule has 0 atom stereocenters. The number of methoxy groups -OCH3 is 1. The molecule has 2 rings (SSSR count). The Bertz CT molecular complexity index is 810. The molecule has 0 heterocycles. The van der Waals surface area contributed by atoms with Gasteiger partial charge < -0.3 is 14.2 Å². The molecule has 0 aliphatic rings. The van der Waals surface area contributed by atoms with Crippen LogP contribution < -0.4 is 18.9 Å². The molecule has 0 spiro atoms. The van der Waals surface area contributed by atoms with E-state index in [1.807, 2.05) is 6.92 Å². The largest absolute Gasteiger partial charge is 0.494 e. The Labute approximate surface area is 144 Å². The smallest absolute Gasteiger partial charge is 0.387 e. The molecule has 0 bridgehead atoms. The van der Waals surface area contributed by atoms with Crippen molar-refractivity contribution in [1.82, 2.24) is 0 Å². The standard InChI is InChI=1S/C16H17F2NO5S/c1-3-23-12-5-7-13(8-6-12)25(20,21)19-11-4-9-14(22-2)15(10-11)24-16(17)18/h4-10,16,19H,3H2,1-2H3. The zero-order chi connectivity index (χ0) is 18.4. The molecular formula is C16H17F2NO5S. The van der Waals surface area contributed by atoms with E-state index in [1.165, 1.54) is 43.5 Å². The molecule has 0 saturated heterocycles. The maximum absolute atomic E-state index is 12.4. The SMILES string of the molecule is CCOc1ccc(S(=O)(=O)Nc2ccc(OC)c(OC(F)F)c2)cc1. The summed E-state index contributed by atoms with van der Waals surface area (Å²) in [5, 5.41) is 0. The fourth-order valence-corrected chi connectivity index (χ4v) is 3.07. The van der Waals surface area contributed by atoms with Gasteiger partial charge in [-0.3, -0.25) is 4.72 Å². The van der Waals surface area contributed by atoms with Gasteiger partial charge in [-0.05, 0) is 43.3 Å². The Balaban J connectivity index is 2.24. The summed E-state index contributed by atoms with van der Waals surface area (Å²) in [6, 6.07) is 9.64. The Morgan fingerprint density at radius 3 is 2.32 bits per heavy atom. The van der Waals surface area contributed by atoms with E-state index in [2.05, 4.69) is 9.46 Å². The van der Waals surface area contributed by atoms with Crippen molar-refractivity contribution in [3.05, 3.63) is 42.5 Å². The predicted molar refractivity (Wildman–Crippen MR) is 88.0 cm³/mol. The summed E-state index contributed by atoms with van der Waals surface area (Å²) in [6.07, 6.45) is 0. The number of sulfonamides is 1. The highest BCUT2D eigenvalue weighted by Crippen LogP contribution is 2.32. The van der Waals surface area contributed by atoms with Crippen molar-refractivity contribution in [3.63, 3.8) is 0 Å². The van der Waals surface area contributed by atoms with Gasteiger partial charge in [-0.2, -0.15) is 8.78 Å². The highest BCUT2D eigenvalue weighted by molar-refractivity contribution is 7.92. The molecule has 0 unspecified atom stereocenters. The van der Waals surface area contributed by atoms with Crippen LogP contribution >= 0.6 is 0 Å². The number of ether oxygens (including phenoxy) is 3. The molecule has 0 amide bonds. The zero-order valence-corrected chi connectivity index (χ0v) is 14.3. The number of nitrogens with one attached hydrogen (secondary N) is 1. The topological polar surface area (TPSA) is 73.9 Å². The normalized spacial score (nSPS) is 11.2. The first-order valence-corrected chi connectivity index (χ1v) is 8.72. The first kappa shape index (κ1) is 18.8. The summed E-state index contributed by atoms with van der Waals surface area (Å²) in [6.45, 7) is -0.787. The Morgan fingerprint density at radius 1 is 1.08 bits per heavy atom. The minimum absolute atomic E-state index is 0.00287. The Kier molecular flexibility index (Phi) is 6.02. The zero-order valence-electron chi connectivity index (χ0n) is 13.5. The summed E-state index contributed by atoms with van der Waals surface area (Å²) in [7, 11) is -2.61. The lowest BCUT2D eigenvalue weighted by atomic mass is 10.3. The summed E-state index contributed by atoms with van der Waals surface area (Å²) in [4.78, 5) is 0.00287. The molecule has 0 aliphatic heterocycles. The average Bonchev–Trinajstić information content (AvgIpc) is 2.55. The summed E-state index contributed by atoms with van der Waals surface area (Å²) >= 11 is 0. The number of rotatable bonds is 8. The van der Waals surface area contributed by atoms with Gasteiger partial charge in [-0.25, -0.2) is 8.42 Å². The van der Waals surface area contributed by atoms with Crippen LogP contribution in [-0.4, -0.2) is 28.7 Å². The van der Waals surface area contributed by atoms with Crippen molar-refractivity contribution >= 4 is 15.7 Å². The van der Waals surface area contributed by atoms with Gasteiger partial charge in [0, 0.05) is 6.07 Å². The summed E-state index contributed by atoms with van der Waals surface area (Å²) < 4.78 is 66.4. The van der Waals surface area contributed by atoms with E-state index in [4.69, 9.17) is 9.47 Å². The van der Waals surface area contributed by atoms with E-state index in [9.17, 15) is 17.2 Å². The minimum Gasteiger partial charge on any atom is -0.494 e. The van der Waals surface area contributed by atoms with E-state index in [1.54, 1.807) is 0 Å². The number of hydrogen-bond acceptors (Lipinski definition) is 5. The number of halogens is 2. The third-order valence-electron chi connectivity index (χ3n) is 3.08. The number of alkyl halides is 2. The van der Waals surface area contributed by atoms with Crippen LogP contribution in [0.25, 0.3) is 0 Å². The lowest BCUT2D eigenvalue weighted by molar-refractivity contribution is -0.0511. The van der Waals surface area contributed by atoms with Crippen LogP contribution in [0.1, 0.15) is 6.92 Å². The average molecular weight is 373 g/mol. The first-order chi connectivity index (χ1) is 11.9. The van der Waals surface area contributed by atoms with Crippen LogP contribution in [0.4, 0.5) is 14.5 Å². The third-order valence-corrected chi connectivity index (χ3v) is 4.47. The second-order valence-electron chi connectivity index (χ2n) is 4.75. The van der Waals surface area contributed by atoms with Crippen LogP contribution in [0.2, 0.25) is 0 Å². The predicted octanol–water partition coefficient (Wildman–Crippen LogP) is 3.50. The van der Waals surface area contributed by atoms with Crippen LogP contribution in [0.3, 0.4) is 0 Å². The van der Waals surface area contributed by atoms with Crippen molar-refractivity contribution in [2.45, 2.75) is 18.4 Å². The van der Waals surface area contributed by atoms with Crippen molar-refractivity contribution in [2.75, 3.05) is 18.4 Å². The molecule has 136 valence electrons. The third kappa shape index (κ3) is 4.96. The van der Waals surface area contributed by atoms with Crippen molar-refractivity contribution < 1.29 is 31.4 Å². The maximum Gasteiger partial charge on any atom is 0.387 e. The monoisotopic (exact) mass is 373 g/mol. The van der Waals surface area contributed by atoms with Crippen LogP contribution in [0, 0.1) is 0 Å². The second-order valence-corrected chi connectivity index (χ2v) is 6.44. The molecule has 0 radical (unpaired) electrons. The number of hydrogen-bond donors (Lipinski definition) is 1. The van der Waals surface area contributed by atoms with Gasteiger partial charge in [0.05, 0.1) is 24.3 Å². The fourth-order valence-electron chi connectivity index (χ4n) is 2.02. The highest BCUT2D eigenvalue weighted by Gasteiger charge is 2.17. The van der Waals surface area contributed by atoms with Gasteiger partial charge in [-0.15, -0.1) is 0 Å². The molecule has 1 N–H and O–H groups in total. The minimum atomic E-state index is -3.90. The molecular weight excluding hydrogens is 356 g/mol. The fraction of sp³-hybridized carbons (Fsp3) is 0.250. The molecule has 6 nitrogen and oxygen atoms in total. The van der Waals surface area contributed by atoms with Gasteiger partial charge in [-0.1, -0.05) is 0 Å². The lowest BCUT2D eigenvalue weighted by Gasteiger charge is -2.13. The van der Waals surface area contributed by atoms with Crippen molar-refractivity contribution in [1.29, 1.82) is 0 Å². The van der Waals surface area contributed by atoms with Gasteiger partial charge >= 0.3 is 6.61 Å². The molecule has 0 saturated carbocycles. The molecule has 25 heavy (non-hydrogen) atoms. The van der Waals surface area contributed by atoms with Gasteiger partial charge in [0.25, 0.3) is 10.0 Å². The van der Waals surface area contributed by atoms with Crippen LogP contribution in [0.15, 0.2) is 47.4 Å². The van der Waals surface area contributed by atoms with Crippen LogP contribution in [-0.2, 0) is 10.0 Å². The van der Waals surface area contributed by atoms with E-state index >= 15 is 0 Å². The van der Waals surface area contributed by atoms with Crippen molar-refractivity contribution in [3.8, 4) is 17.2 Å². The summed E-state index contributed by atoms with van der Waals surface area (Å²) in [5.41, 5.74) is 0.0605. The quantitative estimate of drug-likeness (QED) is 0.767. The molecule has 0 fully saturated rings. The molecule has 0 aromatic heterocycles. The Morgan fingerprint density at radius 2 is 1.76 bits per heavy atom. The highest BCUT2D eigenvalue weighted by atomic mass is 32.2. The lowest BCUT2D eigenvalue weighted by Crippen LogP contribution is -2.13. The second kappa shape index (κ2) is 8.02. The van der Waals surface area contributed by atoms with Gasteiger partial charge in [0.2, 0.25) is 0 Å². The van der Waals surface area contributed by atoms with Gasteiger partial charge in [0.15, 0.2) is 11.5 Å². The molecule has 0 aliphatic carbocycles. The summed E-state index contributed by atoms with van der Waals surface area (Å²) in [5.74, 6) is 0.326. The molecule has 2 aromatic rings. The Hall–Kier alpha value is -2.55. The van der Waals surface area contributed by atoms with E-state index in [-0.39, 0.29) is 22.1 Å². The maximum atomic E-state index is 12.4. The number of benzene rings is 2. The van der Waals surface area contributed by atoms with E-state index in [0.29, 0.717) is 12.4 Å². The first-order valence-electron chi connectivity index (χ1n) is 7.24. The van der Waals surface area contributed by atoms with Crippen LogP contribution in [0.5, 0.6) is 17.2 Å². The van der Waals surface area contributed by atoms with Gasteiger partial charge in [0.1, 0.15) is 5.75 Å². The van der Waals surface area contributed by atoms with E-state index in [0.717, 1.165) is 6.07 Å². The van der Waals surface area contributed by atoms with E-state index < -0.39 is 16.6 Å². The van der Waals surface area contributed by atoms with Crippen molar-refractivity contribution in [2.24, 2.45) is 0 Å².